The normalized spacial score (nSPS) is 11.0. The Balaban J connectivity index is 3.13. The predicted octanol–water partition coefficient (Wildman–Crippen LogP) is 8.37. The molecule has 0 rings (SSSR count). The molecule has 0 aromatic rings. The van der Waals surface area contributed by atoms with Gasteiger partial charge in [-0.25, -0.2) is 0 Å². The summed E-state index contributed by atoms with van der Waals surface area (Å²) in [6, 6.07) is 0. The van der Waals surface area contributed by atoms with Crippen molar-refractivity contribution in [3.8, 4) is 0 Å². The highest BCUT2D eigenvalue weighted by Gasteiger charge is 2.02. The maximum absolute atomic E-state index is 11.7. The van der Waals surface area contributed by atoms with Gasteiger partial charge in [0.25, 0.3) is 0 Å². The van der Waals surface area contributed by atoms with Gasteiger partial charge in [-0.1, -0.05) is 123 Å². The average Bonchev–Trinajstić information content (AvgIpc) is 2.65. The number of rotatable bonds is 21. The Labute approximate surface area is 164 Å². The molecule has 0 aromatic carbocycles. The van der Waals surface area contributed by atoms with Gasteiger partial charge in [-0.05, 0) is 12.8 Å². The molecule has 0 aliphatic heterocycles. The predicted molar refractivity (Wildman–Crippen MR) is 115 cm³/mol. The largest absolute Gasteiger partial charge is 0.466 e. The van der Waals surface area contributed by atoms with Crippen LogP contribution in [0.1, 0.15) is 142 Å². The Kier molecular flexibility index (Phi) is 22.1. The van der Waals surface area contributed by atoms with Crippen molar-refractivity contribution >= 4 is 5.97 Å². The Morgan fingerprint density at radius 3 is 1.27 bits per heavy atom. The lowest BCUT2D eigenvalue weighted by Gasteiger charge is -2.05. The van der Waals surface area contributed by atoms with Crippen LogP contribution < -0.4 is 0 Å². The van der Waals surface area contributed by atoms with Crippen molar-refractivity contribution in [3.05, 3.63) is 0 Å². The van der Waals surface area contributed by atoms with Gasteiger partial charge < -0.3 is 4.74 Å². The summed E-state index contributed by atoms with van der Waals surface area (Å²) in [6.45, 7) is 5.16. The molecule has 0 N–H and O–H groups in total. The molecular formula is C24H48O2. The third-order valence-corrected chi connectivity index (χ3v) is 5.25. The zero-order valence-corrected chi connectivity index (χ0v) is 18.2. The van der Waals surface area contributed by atoms with Gasteiger partial charge in [-0.2, -0.15) is 0 Å². The van der Waals surface area contributed by atoms with Gasteiger partial charge in [0, 0.05) is 6.42 Å². The topological polar surface area (TPSA) is 26.3 Å². The molecule has 0 atom stereocenters. The SMILES string of the molecule is CCCCCCCCCCCCCOC(=O)CCCCCCCCCC. The summed E-state index contributed by atoms with van der Waals surface area (Å²) in [4.78, 5) is 11.7. The highest BCUT2D eigenvalue weighted by atomic mass is 16.5. The van der Waals surface area contributed by atoms with E-state index in [9.17, 15) is 4.79 Å². The maximum Gasteiger partial charge on any atom is 0.305 e. The monoisotopic (exact) mass is 368 g/mol. The van der Waals surface area contributed by atoms with Crippen LogP contribution in [-0.4, -0.2) is 12.6 Å². The molecule has 2 nitrogen and oxygen atoms in total. The molecule has 2 heteroatoms. The summed E-state index contributed by atoms with van der Waals surface area (Å²) in [5.41, 5.74) is 0. The molecular weight excluding hydrogens is 320 g/mol. The molecule has 0 amide bonds. The van der Waals surface area contributed by atoms with Crippen molar-refractivity contribution in [1.82, 2.24) is 0 Å². The summed E-state index contributed by atoms with van der Waals surface area (Å²) in [5.74, 6) is 0.0167. The summed E-state index contributed by atoms with van der Waals surface area (Å²) >= 11 is 0. The number of hydrogen-bond donors (Lipinski definition) is 0. The van der Waals surface area contributed by atoms with Gasteiger partial charge in [-0.15, -0.1) is 0 Å². The molecule has 26 heavy (non-hydrogen) atoms. The van der Waals surface area contributed by atoms with Crippen LogP contribution in [-0.2, 0) is 9.53 Å². The molecule has 0 saturated carbocycles. The van der Waals surface area contributed by atoms with Crippen LogP contribution in [0.5, 0.6) is 0 Å². The lowest BCUT2D eigenvalue weighted by molar-refractivity contribution is -0.143. The van der Waals surface area contributed by atoms with E-state index in [0.29, 0.717) is 13.0 Å². The molecule has 0 saturated heterocycles. The molecule has 0 aliphatic carbocycles. The van der Waals surface area contributed by atoms with E-state index in [-0.39, 0.29) is 5.97 Å². The Hall–Kier alpha value is -0.530. The van der Waals surface area contributed by atoms with Crippen LogP contribution in [0.25, 0.3) is 0 Å². The molecule has 156 valence electrons. The fourth-order valence-corrected chi connectivity index (χ4v) is 3.43. The van der Waals surface area contributed by atoms with Crippen LogP contribution in [0.4, 0.5) is 0 Å². The van der Waals surface area contributed by atoms with Crippen LogP contribution in [0, 0.1) is 0 Å². The number of carbonyl (C=O) groups is 1. The minimum absolute atomic E-state index is 0.0167. The van der Waals surface area contributed by atoms with E-state index in [4.69, 9.17) is 4.74 Å². The van der Waals surface area contributed by atoms with Crippen LogP contribution >= 0.6 is 0 Å². The van der Waals surface area contributed by atoms with Crippen molar-refractivity contribution in [2.24, 2.45) is 0 Å². The first kappa shape index (κ1) is 25.5. The van der Waals surface area contributed by atoms with Gasteiger partial charge >= 0.3 is 5.97 Å². The van der Waals surface area contributed by atoms with Crippen molar-refractivity contribution in [3.63, 3.8) is 0 Å². The summed E-state index contributed by atoms with van der Waals surface area (Å²) < 4.78 is 5.35. The fraction of sp³-hybridized carbons (Fsp3) is 0.958. The first-order chi connectivity index (χ1) is 12.8. The van der Waals surface area contributed by atoms with Gasteiger partial charge in [0.1, 0.15) is 0 Å². The Morgan fingerprint density at radius 1 is 0.500 bits per heavy atom. The quantitative estimate of drug-likeness (QED) is 0.150. The fourth-order valence-electron chi connectivity index (χ4n) is 3.43. The third-order valence-electron chi connectivity index (χ3n) is 5.25. The van der Waals surface area contributed by atoms with Gasteiger partial charge in [0.15, 0.2) is 0 Å². The molecule has 0 spiro atoms. The van der Waals surface area contributed by atoms with Gasteiger partial charge in [-0.3, -0.25) is 4.79 Å². The molecule has 0 aliphatic rings. The Morgan fingerprint density at radius 2 is 0.846 bits per heavy atom. The number of carbonyl (C=O) groups excluding carboxylic acids is 1. The lowest BCUT2D eigenvalue weighted by Crippen LogP contribution is -2.05. The minimum atomic E-state index is 0.0167. The van der Waals surface area contributed by atoms with Crippen molar-refractivity contribution in [2.75, 3.05) is 6.61 Å². The van der Waals surface area contributed by atoms with E-state index in [1.54, 1.807) is 0 Å². The van der Waals surface area contributed by atoms with Gasteiger partial charge in [0.05, 0.1) is 6.61 Å². The van der Waals surface area contributed by atoms with Crippen molar-refractivity contribution < 1.29 is 9.53 Å². The second kappa shape index (κ2) is 22.5. The van der Waals surface area contributed by atoms with Gasteiger partial charge in [0.2, 0.25) is 0 Å². The Bertz CT molecular complexity index is 275. The van der Waals surface area contributed by atoms with Crippen LogP contribution in [0.15, 0.2) is 0 Å². The minimum Gasteiger partial charge on any atom is -0.466 e. The number of hydrogen-bond acceptors (Lipinski definition) is 2. The standard InChI is InChI=1S/C24H48O2/c1-3-5-7-9-11-13-14-15-17-19-21-23-26-24(25)22-20-18-16-12-10-8-6-4-2/h3-23H2,1-2H3. The highest BCUT2D eigenvalue weighted by Crippen LogP contribution is 2.12. The first-order valence-electron chi connectivity index (χ1n) is 12.0. The molecule has 0 aromatic heterocycles. The van der Waals surface area contributed by atoms with E-state index >= 15 is 0 Å². The van der Waals surface area contributed by atoms with Crippen molar-refractivity contribution in [1.29, 1.82) is 0 Å². The number of unbranched alkanes of at least 4 members (excludes halogenated alkanes) is 17. The highest BCUT2D eigenvalue weighted by molar-refractivity contribution is 5.69. The molecule has 0 fully saturated rings. The van der Waals surface area contributed by atoms with E-state index in [2.05, 4.69) is 13.8 Å². The molecule has 0 radical (unpaired) electrons. The van der Waals surface area contributed by atoms with E-state index in [0.717, 1.165) is 12.8 Å². The zero-order valence-electron chi connectivity index (χ0n) is 18.2. The van der Waals surface area contributed by atoms with Crippen LogP contribution in [0.3, 0.4) is 0 Å². The van der Waals surface area contributed by atoms with E-state index in [1.807, 2.05) is 0 Å². The number of ether oxygens (including phenoxy) is 1. The molecule has 0 heterocycles. The summed E-state index contributed by atoms with van der Waals surface area (Å²) in [6.07, 6.45) is 25.5. The summed E-state index contributed by atoms with van der Waals surface area (Å²) in [7, 11) is 0. The van der Waals surface area contributed by atoms with Crippen LogP contribution in [0.2, 0.25) is 0 Å². The number of esters is 1. The second-order valence-corrected chi connectivity index (χ2v) is 7.98. The van der Waals surface area contributed by atoms with E-state index in [1.165, 1.54) is 109 Å². The summed E-state index contributed by atoms with van der Waals surface area (Å²) in [5, 5.41) is 0. The maximum atomic E-state index is 11.7. The van der Waals surface area contributed by atoms with E-state index < -0.39 is 0 Å². The first-order valence-corrected chi connectivity index (χ1v) is 12.0. The molecule has 0 bridgehead atoms. The lowest BCUT2D eigenvalue weighted by atomic mass is 10.1. The smallest absolute Gasteiger partial charge is 0.305 e. The van der Waals surface area contributed by atoms with Crippen molar-refractivity contribution in [2.45, 2.75) is 142 Å². The third kappa shape index (κ3) is 21.5. The average molecular weight is 369 g/mol. The second-order valence-electron chi connectivity index (χ2n) is 7.98. The zero-order chi connectivity index (χ0) is 19.1. The molecule has 0 unspecified atom stereocenters.